The highest BCUT2D eigenvalue weighted by Gasteiger charge is 2.28. The molecule has 3 nitrogen and oxygen atoms in total. The van der Waals surface area contributed by atoms with E-state index in [2.05, 4.69) is 28.2 Å². The van der Waals surface area contributed by atoms with E-state index in [1.54, 1.807) is 11.3 Å². The van der Waals surface area contributed by atoms with Crippen LogP contribution < -0.4 is 0 Å². The number of likely N-dealkylation sites (tertiary alicyclic amines) is 2. The summed E-state index contributed by atoms with van der Waals surface area (Å²) in [5.74, 6) is 1.21. The Hall–Kier alpha value is -0.870. The number of hydrogen-bond acceptors (Lipinski definition) is 3. The van der Waals surface area contributed by atoms with Gasteiger partial charge < -0.3 is 9.80 Å². The van der Waals surface area contributed by atoms with Gasteiger partial charge in [0.15, 0.2) is 0 Å². The molecule has 0 aromatic carbocycles. The van der Waals surface area contributed by atoms with Crippen molar-refractivity contribution in [1.29, 1.82) is 0 Å². The van der Waals surface area contributed by atoms with Crippen molar-refractivity contribution in [3.05, 3.63) is 22.4 Å². The highest BCUT2D eigenvalue weighted by atomic mass is 32.1. The van der Waals surface area contributed by atoms with Crippen LogP contribution in [-0.2, 0) is 11.2 Å². The molecule has 1 amide bonds. The summed E-state index contributed by atoms with van der Waals surface area (Å²) in [4.78, 5) is 18.8. The van der Waals surface area contributed by atoms with Gasteiger partial charge in [0.05, 0.1) is 6.42 Å². The molecule has 2 aliphatic rings. The number of hydrogen-bond donors (Lipinski definition) is 0. The lowest BCUT2D eigenvalue weighted by molar-refractivity contribution is -0.133. The molecule has 1 aromatic heterocycles. The minimum atomic E-state index is 0.338. The zero-order valence-corrected chi connectivity index (χ0v) is 15.2. The fraction of sp³-hybridized carbons (Fsp3) is 0.737. The van der Waals surface area contributed by atoms with E-state index in [0.29, 0.717) is 18.4 Å². The molecule has 0 radical (unpaired) electrons. The second-order valence-electron chi connectivity index (χ2n) is 7.33. The Bertz CT molecular complexity index is 480. The Morgan fingerprint density at radius 1 is 1.17 bits per heavy atom. The minimum Gasteiger partial charge on any atom is -0.338 e. The van der Waals surface area contributed by atoms with E-state index >= 15 is 0 Å². The van der Waals surface area contributed by atoms with Crippen molar-refractivity contribution in [1.82, 2.24) is 9.80 Å². The quantitative estimate of drug-likeness (QED) is 0.836. The van der Waals surface area contributed by atoms with Crippen LogP contribution in [0.15, 0.2) is 17.5 Å². The second-order valence-corrected chi connectivity index (χ2v) is 8.36. The summed E-state index contributed by atoms with van der Waals surface area (Å²) in [5, 5.41) is 2.07. The van der Waals surface area contributed by atoms with Crippen LogP contribution in [0.4, 0.5) is 0 Å². The van der Waals surface area contributed by atoms with Gasteiger partial charge >= 0.3 is 0 Å². The molecule has 0 bridgehead atoms. The Morgan fingerprint density at radius 2 is 2.00 bits per heavy atom. The van der Waals surface area contributed by atoms with Gasteiger partial charge in [-0.25, -0.2) is 0 Å². The number of carbonyl (C=O) groups is 1. The molecular weight excluding hydrogens is 304 g/mol. The summed E-state index contributed by atoms with van der Waals surface area (Å²) in [6.45, 7) is 6.83. The van der Waals surface area contributed by atoms with Crippen LogP contribution in [0.2, 0.25) is 0 Å². The summed E-state index contributed by atoms with van der Waals surface area (Å²) >= 11 is 1.70. The molecule has 128 valence electrons. The van der Waals surface area contributed by atoms with Crippen molar-refractivity contribution in [3.8, 4) is 0 Å². The first-order valence-corrected chi connectivity index (χ1v) is 10.1. The third-order valence-corrected chi connectivity index (χ3v) is 6.32. The van der Waals surface area contributed by atoms with E-state index in [4.69, 9.17) is 0 Å². The molecule has 1 atom stereocenters. The van der Waals surface area contributed by atoms with E-state index in [1.165, 1.54) is 56.5 Å². The van der Waals surface area contributed by atoms with Crippen LogP contribution in [0.25, 0.3) is 0 Å². The number of piperidine rings is 1. The third-order valence-electron chi connectivity index (χ3n) is 5.45. The molecule has 4 heteroatoms. The Morgan fingerprint density at radius 3 is 2.74 bits per heavy atom. The monoisotopic (exact) mass is 334 g/mol. The molecule has 1 unspecified atom stereocenters. The maximum Gasteiger partial charge on any atom is 0.228 e. The van der Waals surface area contributed by atoms with Crippen LogP contribution >= 0.6 is 11.3 Å². The summed E-state index contributed by atoms with van der Waals surface area (Å²) in [6.07, 6.45) is 8.12. The molecule has 3 heterocycles. The normalized spacial score (nSPS) is 24.6. The van der Waals surface area contributed by atoms with E-state index in [9.17, 15) is 4.79 Å². The van der Waals surface area contributed by atoms with E-state index in [0.717, 1.165) is 19.0 Å². The lowest BCUT2D eigenvalue weighted by atomic mass is 9.98. The lowest BCUT2D eigenvalue weighted by Gasteiger charge is -2.37. The standard InChI is InChI=1S/C19H30N2OS/c1-16-8-11-20(12-9-16)15-17-6-3-2-4-10-21(17)19(22)14-18-7-5-13-23-18/h5,7,13,16-17H,2-4,6,8-12,14-15H2,1H3. The van der Waals surface area contributed by atoms with Gasteiger partial charge in [0, 0.05) is 24.0 Å². The Balaban J connectivity index is 1.61. The second kappa shape index (κ2) is 8.29. The van der Waals surface area contributed by atoms with E-state index in [1.807, 2.05) is 6.07 Å². The molecule has 0 spiro atoms. The first-order chi connectivity index (χ1) is 11.2. The van der Waals surface area contributed by atoms with Gasteiger partial charge in [-0.3, -0.25) is 4.79 Å². The smallest absolute Gasteiger partial charge is 0.228 e. The van der Waals surface area contributed by atoms with Gasteiger partial charge in [-0.2, -0.15) is 0 Å². The van der Waals surface area contributed by atoms with Crippen LogP contribution in [0, 0.1) is 5.92 Å². The van der Waals surface area contributed by atoms with Gasteiger partial charge in [-0.15, -0.1) is 11.3 Å². The van der Waals surface area contributed by atoms with Gasteiger partial charge in [0.1, 0.15) is 0 Å². The Kier molecular flexibility index (Phi) is 6.12. The first-order valence-electron chi connectivity index (χ1n) is 9.26. The van der Waals surface area contributed by atoms with Crippen LogP contribution in [0.1, 0.15) is 50.3 Å². The van der Waals surface area contributed by atoms with Crippen LogP contribution in [0.5, 0.6) is 0 Å². The topological polar surface area (TPSA) is 23.6 Å². The number of rotatable bonds is 4. The summed E-state index contributed by atoms with van der Waals surface area (Å²) in [5.41, 5.74) is 0. The Labute approximate surface area is 144 Å². The summed E-state index contributed by atoms with van der Waals surface area (Å²) in [7, 11) is 0. The molecule has 0 aliphatic carbocycles. The van der Waals surface area contributed by atoms with Gasteiger partial charge in [-0.05, 0) is 56.1 Å². The highest BCUT2D eigenvalue weighted by Crippen LogP contribution is 2.22. The number of amides is 1. The first kappa shape index (κ1) is 17.0. The summed E-state index contributed by atoms with van der Waals surface area (Å²) < 4.78 is 0. The number of carbonyl (C=O) groups excluding carboxylic acids is 1. The SMILES string of the molecule is CC1CCN(CC2CCCCCN2C(=O)Cc2cccs2)CC1. The fourth-order valence-electron chi connectivity index (χ4n) is 3.90. The maximum atomic E-state index is 12.8. The predicted molar refractivity (Wildman–Crippen MR) is 96.8 cm³/mol. The molecule has 2 saturated heterocycles. The molecule has 1 aromatic rings. The number of thiophene rings is 1. The molecule has 0 N–H and O–H groups in total. The molecule has 2 aliphatic heterocycles. The maximum absolute atomic E-state index is 12.8. The summed E-state index contributed by atoms with van der Waals surface area (Å²) in [6, 6.07) is 4.56. The van der Waals surface area contributed by atoms with Gasteiger partial charge in [0.2, 0.25) is 5.91 Å². The third kappa shape index (κ3) is 4.80. The van der Waals surface area contributed by atoms with Crippen molar-refractivity contribution >= 4 is 17.2 Å². The average molecular weight is 335 g/mol. The zero-order valence-electron chi connectivity index (χ0n) is 14.4. The molecular formula is C19H30N2OS. The predicted octanol–water partition coefficient (Wildman–Crippen LogP) is 3.79. The van der Waals surface area contributed by atoms with E-state index < -0.39 is 0 Å². The van der Waals surface area contributed by atoms with Gasteiger partial charge in [-0.1, -0.05) is 25.8 Å². The van der Waals surface area contributed by atoms with Crippen molar-refractivity contribution in [2.75, 3.05) is 26.2 Å². The fourth-order valence-corrected chi connectivity index (χ4v) is 4.60. The highest BCUT2D eigenvalue weighted by molar-refractivity contribution is 7.10. The molecule has 2 fully saturated rings. The van der Waals surface area contributed by atoms with Crippen molar-refractivity contribution in [2.45, 2.75) is 57.9 Å². The largest absolute Gasteiger partial charge is 0.338 e. The molecule has 3 rings (SSSR count). The van der Waals surface area contributed by atoms with Crippen LogP contribution in [-0.4, -0.2) is 47.9 Å². The molecule has 0 saturated carbocycles. The van der Waals surface area contributed by atoms with Gasteiger partial charge in [0.25, 0.3) is 0 Å². The minimum absolute atomic E-state index is 0.338. The molecule has 23 heavy (non-hydrogen) atoms. The van der Waals surface area contributed by atoms with Crippen molar-refractivity contribution in [3.63, 3.8) is 0 Å². The van der Waals surface area contributed by atoms with E-state index in [-0.39, 0.29) is 0 Å². The van der Waals surface area contributed by atoms with Crippen molar-refractivity contribution < 1.29 is 4.79 Å². The van der Waals surface area contributed by atoms with Crippen LogP contribution in [0.3, 0.4) is 0 Å². The lowest BCUT2D eigenvalue weighted by Crippen LogP contribution is -2.48. The average Bonchev–Trinajstić information content (AvgIpc) is 2.94. The number of nitrogens with zero attached hydrogens (tertiary/aromatic N) is 2. The zero-order chi connectivity index (χ0) is 16.1. The van der Waals surface area contributed by atoms with Crippen molar-refractivity contribution in [2.24, 2.45) is 5.92 Å².